The normalized spacial score (nSPS) is 11.2. The van der Waals surface area contributed by atoms with Gasteiger partial charge in [0.15, 0.2) is 0 Å². The number of methoxy groups -OCH3 is 1. The summed E-state index contributed by atoms with van der Waals surface area (Å²) in [6.45, 7) is 1.71. The van der Waals surface area contributed by atoms with Crippen molar-refractivity contribution in [1.82, 2.24) is 4.72 Å². The molecule has 0 aliphatic carbocycles. The predicted octanol–water partition coefficient (Wildman–Crippen LogP) is 2.48. The molecule has 0 radical (unpaired) electrons. The van der Waals surface area contributed by atoms with Crippen molar-refractivity contribution in [3.05, 3.63) is 53.6 Å². The van der Waals surface area contributed by atoms with E-state index in [9.17, 15) is 13.2 Å². The van der Waals surface area contributed by atoms with Crippen molar-refractivity contribution in [2.24, 2.45) is 0 Å². The van der Waals surface area contributed by atoms with Crippen LogP contribution >= 0.6 is 0 Å². The van der Waals surface area contributed by atoms with Gasteiger partial charge in [-0.05, 0) is 55.8 Å². The lowest BCUT2D eigenvalue weighted by atomic mass is 10.1. The van der Waals surface area contributed by atoms with E-state index in [1.54, 1.807) is 26.2 Å². The zero-order valence-corrected chi connectivity index (χ0v) is 15.3. The quantitative estimate of drug-likeness (QED) is 0.792. The van der Waals surface area contributed by atoms with Crippen LogP contribution in [0.15, 0.2) is 47.4 Å². The van der Waals surface area contributed by atoms with Gasteiger partial charge >= 0.3 is 0 Å². The van der Waals surface area contributed by atoms with Crippen LogP contribution in [0.1, 0.15) is 17.5 Å². The van der Waals surface area contributed by atoms with E-state index in [-0.39, 0.29) is 17.2 Å². The van der Waals surface area contributed by atoms with Crippen molar-refractivity contribution in [1.29, 1.82) is 0 Å². The fraction of sp³-hybridized carbons (Fsp3) is 0.278. The van der Waals surface area contributed by atoms with E-state index in [0.29, 0.717) is 17.7 Å². The number of aryl methyl sites for hydroxylation is 2. The van der Waals surface area contributed by atoms with Crippen molar-refractivity contribution >= 4 is 21.6 Å². The Kier molecular flexibility index (Phi) is 6.17. The molecule has 134 valence electrons. The Morgan fingerprint density at radius 1 is 1.16 bits per heavy atom. The minimum Gasteiger partial charge on any atom is -0.497 e. The van der Waals surface area contributed by atoms with Crippen LogP contribution in [0.4, 0.5) is 5.69 Å². The van der Waals surface area contributed by atoms with Gasteiger partial charge < -0.3 is 10.1 Å². The molecule has 0 aromatic heterocycles. The van der Waals surface area contributed by atoms with Crippen LogP contribution in [-0.4, -0.2) is 28.5 Å². The molecule has 2 aromatic carbocycles. The van der Waals surface area contributed by atoms with Gasteiger partial charge in [-0.15, -0.1) is 0 Å². The van der Waals surface area contributed by atoms with Crippen LogP contribution in [-0.2, 0) is 21.2 Å². The van der Waals surface area contributed by atoms with Gasteiger partial charge in [-0.3, -0.25) is 4.79 Å². The molecule has 6 nitrogen and oxygen atoms in total. The average molecular weight is 362 g/mol. The first-order valence-electron chi connectivity index (χ1n) is 7.82. The Labute approximate surface area is 148 Å². The SMILES string of the molecule is CNS(=O)(=O)c1cc(NC(=O)CCc2cccc(OC)c2)ccc1C. The number of carbonyl (C=O) groups excluding carboxylic acids is 1. The number of anilines is 1. The molecule has 0 saturated heterocycles. The molecule has 1 amide bonds. The van der Waals surface area contributed by atoms with Crippen molar-refractivity contribution in [3.63, 3.8) is 0 Å². The first-order valence-corrected chi connectivity index (χ1v) is 9.31. The smallest absolute Gasteiger partial charge is 0.240 e. The highest BCUT2D eigenvalue weighted by Crippen LogP contribution is 2.20. The van der Waals surface area contributed by atoms with Gasteiger partial charge in [-0.2, -0.15) is 0 Å². The lowest BCUT2D eigenvalue weighted by molar-refractivity contribution is -0.116. The molecule has 2 rings (SSSR count). The summed E-state index contributed by atoms with van der Waals surface area (Å²) in [7, 11) is -0.613. The topological polar surface area (TPSA) is 84.5 Å². The lowest BCUT2D eigenvalue weighted by Crippen LogP contribution is -2.20. The molecular weight excluding hydrogens is 340 g/mol. The lowest BCUT2D eigenvalue weighted by Gasteiger charge is -2.10. The average Bonchev–Trinajstić information content (AvgIpc) is 2.61. The number of ether oxygens (including phenoxy) is 1. The van der Waals surface area contributed by atoms with Crippen LogP contribution in [0.5, 0.6) is 5.75 Å². The number of hydrogen-bond acceptors (Lipinski definition) is 4. The number of amides is 1. The highest BCUT2D eigenvalue weighted by Gasteiger charge is 2.15. The van der Waals surface area contributed by atoms with Gasteiger partial charge in [0.25, 0.3) is 0 Å². The fourth-order valence-electron chi connectivity index (χ4n) is 2.39. The first kappa shape index (κ1) is 19.0. The summed E-state index contributed by atoms with van der Waals surface area (Å²) in [6, 6.07) is 12.4. The van der Waals surface area contributed by atoms with E-state index >= 15 is 0 Å². The zero-order chi connectivity index (χ0) is 18.4. The molecule has 0 fully saturated rings. The molecule has 0 bridgehead atoms. The number of carbonyl (C=O) groups is 1. The van der Waals surface area contributed by atoms with Crippen molar-refractivity contribution in [3.8, 4) is 5.75 Å². The number of rotatable bonds is 7. The van der Waals surface area contributed by atoms with Crippen LogP contribution in [0.2, 0.25) is 0 Å². The Hall–Kier alpha value is -2.38. The molecule has 2 aromatic rings. The van der Waals surface area contributed by atoms with Gasteiger partial charge in [0, 0.05) is 12.1 Å². The minimum atomic E-state index is -3.57. The summed E-state index contributed by atoms with van der Waals surface area (Å²) in [4.78, 5) is 12.3. The largest absolute Gasteiger partial charge is 0.497 e. The summed E-state index contributed by atoms with van der Waals surface area (Å²) in [6.07, 6.45) is 0.853. The van der Waals surface area contributed by atoms with E-state index in [4.69, 9.17) is 4.74 Å². The van der Waals surface area contributed by atoms with Crippen molar-refractivity contribution < 1.29 is 17.9 Å². The summed E-state index contributed by atoms with van der Waals surface area (Å²) in [5.41, 5.74) is 2.07. The maximum atomic E-state index is 12.1. The molecular formula is C18H22N2O4S. The number of nitrogens with one attached hydrogen (secondary N) is 2. The van der Waals surface area contributed by atoms with Gasteiger partial charge in [-0.25, -0.2) is 13.1 Å². The first-order chi connectivity index (χ1) is 11.9. The van der Waals surface area contributed by atoms with Gasteiger partial charge in [-0.1, -0.05) is 18.2 Å². The third-order valence-corrected chi connectivity index (χ3v) is 5.36. The minimum absolute atomic E-state index is 0.153. The summed E-state index contributed by atoms with van der Waals surface area (Å²) in [5, 5.41) is 2.74. The summed E-state index contributed by atoms with van der Waals surface area (Å²) in [5.74, 6) is 0.567. The van der Waals surface area contributed by atoms with E-state index in [1.165, 1.54) is 13.1 Å². The highest BCUT2D eigenvalue weighted by atomic mass is 32.2. The van der Waals surface area contributed by atoms with Crippen LogP contribution in [0.25, 0.3) is 0 Å². The van der Waals surface area contributed by atoms with E-state index in [2.05, 4.69) is 10.0 Å². The Balaban J connectivity index is 2.04. The molecule has 0 aliphatic heterocycles. The second kappa shape index (κ2) is 8.13. The summed E-state index contributed by atoms with van der Waals surface area (Å²) >= 11 is 0. The molecule has 2 N–H and O–H groups in total. The molecule has 0 spiro atoms. The third-order valence-electron chi connectivity index (χ3n) is 3.81. The van der Waals surface area contributed by atoms with Crippen molar-refractivity contribution in [2.45, 2.75) is 24.7 Å². The Morgan fingerprint density at radius 2 is 1.92 bits per heavy atom. The fourth-order valence-corrected chi connectivity index (χ4v) is 3.38. The van der Waals surface area contributed by atoms with Gasteiger partial charge in [0.05, 0.1) is 12.0 Å². The van der Waals surface area contributed by atoms with E-state index in [0.717, 1.165) is 11.3 Å². The highest BCUT2D eigenvalue weighted by molar-refractivity contribution is 7.89. The maximum Gasteiger partial charge on any atom is 0.240 e. The molecule has 25 heavy (non-hydrogen) atoms. The second-order valence-corrected chi connectivity index (χ2v) is 7.44. The molecule has 0 unspecified atom stereocenters. The van der Waals surface area contributed by atoms with E-state index in [1.807, 2.05) is 24.3 Å². The van der Waals surface area contributed by atoms with Crippen LogP contribution < -0.4 is 14.8 Å². The van der Waals surface area contributed by atoms with Crippen LogP contribution in [0, 0.1) is 6.92 Å². The monoisotopic (exact) mass is 362 g/mol. The molecule has 0 saturated carbocycles. The molecule has 7 heteroatoms. The predicted molar refractivity (Wildman–Crippen MR) is 97.4 cm³/mol. The second-order valence-electron chi connectivity index (χ2n) is 5.59. The Morgan fingerprint density at radius 3 is 2.60 bits per heavy atom. The summed E-state index contributed by atoms with van der Waals surface area (Å²) < 4.78 is 31.4. The van der Waals surface area contributed by atoms with E-state index < -0.39 is 10.0 Å². The molecule has 0 heterocycles. The molecule has 0 atom stereocenters. The number of hydrogen-bond donors (Lipinski definition) is 2. The van der Waals surface area contributed by atoms with Gasteiger partial charge in [0.2, 0.25) is 15.9 Å². The van der Waals surface area contributed by atoms with Crippen molar-refractivity contribution in [2.75, 3.05) is 19.5 Å². The zero-order valence-electron chi connectivity index (χ0n) is 14.5. The number of benzene rings is 2. The van der Waals surface area contributed by atoms with Gasteiger partial charge in [0.1, 0.15) is 5.75 Å². The van der Waals surface area contributed by atoms with Crippen LogP contribution in [0.3, 0.4) is 0 Å². The number of sulfonamides is 1. The standard InChI is InChI=1S/C18H22N2O4S/c1-13-7-9-15(12-17(13)25(22,23)19-2)20-18(21)10-8-14-5-4-6-16(11-14)24-3/h4-7,9,11-12,19H,8,10H2,1-3H3,(H,20,21). The third kappa shape index (κ3) is 5.04. The maximum absolute atomic E-state index is 12.1. The Bertz CT molecular complexity index is 863. The molecule has 0 aliphatic rings.